The molecule has 1 amide bonds. The Hall–Kier alpha value is -2.17. The third-order valence-electron chi connectivity index (χ3n) is 4.39. The molecule has 0 aliphatic carbocycles. The summed E-state index contributed by atoms with van der Waals surface area (Å²) in [5.74, 6) is 1.79. The van der Waals surface area contributed by atoms with Gasteiger partial charge < -0.3 is 9.88 Å². The minimum atomic E-state index is -0.149. The third kappa shape index (κ3) is 3.14. The van der Waals surface area contributed by atoms with Crippen molar-refractivity contribution in [1.82, 2.24) is 20.1 Å². The van der Waals surface area contributed by atoms with Crippen LogP contribution in [0.2, 0.25) is 0 Å². The number of fused-ring (bicyclic) bond motifs is 1. The SMILES string of the molecule is C[C@H](NC(=O)c1ccc(C(C)(C)C)cc1)c1nnc2n1CCC2. The van der Waals surface area contributed by atoms with Crippen molar-refractivity contribution in [1.29, 1.82) is 0 Å². The third-order valence-corrected chi connectivity index (χ3v) is 4.39. The zero-order valence-corrected chi connectivity index (χ0v) is 14.3. The lowest BCUT2D eigenvalue weighted by atomic mass is 9.86. The van der Waals surface area contributed by atoms with E-state index in [1.54, 1.807) is 0 Å². The van der Waals surface area contributed by atoms with Crippen molar-refractivity contribution in [2.75, 3.05) is 0 Å². The number of aromatic nitrogens is 3. The van der Waals surface area contributed by atoms with E-state index in [9.17, 15) is 4.79 Å². The average Bonchev–Trinajstić information content (AvgIpc) is 3.09. The highest BCUT2D eigenvalue weighted by atomic mass is 16.1. The molecular weight excluding hydrogens is 288 g/mol. The van der Waals surface area contributed by atoms with Gasteiger partial charge in [0.05, 0.1) is 6.04 Å². The number of nitrogens with one attached hydrogen (secondary N) is 1. The molecule has 1 aromatic carbocycles. The van der Waals surface area contributed by atoms with Crippen LogP contribution in [0.5, 0.6) is 0 Å². The number of carbonyl (C=O) groups excluding carboxylic acids is 1. The van der Waals surface area contributed by atoms with E-state index in [-0.39, 0.29) is 17.4 Å². The maximum absolute atomic E-state index is 12.4. The summed E-state index contributed by atoms with van der Waals surface area (Å²) in [4.78, 5) is 12.4. The van der Waals surface area contributed by atoms with E-state index in [2.05, 4.69) is 40.9 Å². The standard InChI is InChI=1S/C18H24N4O/c1-12(16-21-20-15-6-5-11-22(15)16)19-17(23)13-7-9-14(10-8-13)18(2,3)4/h7-10,12H,5-6,11H2,1-4H3,(H,19,23)/t12-/m0/s1. The lowest BCUT2D eigenvalue weighted by molar-refractivity contribution is 0.0937. The summed E-state index contributed by atoms with van der Waals surface area (Å²) in [6, 6.07) is 7.67. The van der Waals surface area contributed by atoms with E-state index in [0.717, 1.165) is 31.0 Å². The van der Waals surface area contributed by atoms with Gasteiger partial charge in [-0.05, 0) is 36.5 Å². The van der Waals surface area contributed by atoms with Crippen molar-refractivity contribution >= 4 is 5.91 Å². The van der Waals surface area contributed by atoms with Crippen LogP contribution in [0.3, 0.4) is 0 Å². The van der Waals surface area contributed by atoms with E-state index in [0.29, 0.717) is 5.56 Å². The van der Waals surface area contributed by atoms with Gasteiger partial charge in [-0.25, -0.2) is 0 Å². The molecule has 0 fully saturated rings. The van der Waals surface area contributed by atoms with Crippen LogP contribution >= 0.6 is 0 Å². The van der Waals surface area contributed by atoms with E-state index in [4.69, 9.17) is 0 Å². The predicted molar refractivity (Wildman–Crippen MR) is 89.4 cm³/mol. The number of carbonyl (C=O) groups is 1. The maximum Gasteiger partial charge on any atom is 0.251 e. The first kappa shape index (κ1) is 15.7. The van der Waals surface area contributed by atoms with Gasteiger partial charge in [0.1, 0.15) is 5.82 Å². The number of benzene rings is 1. The Balaban J connectivity index is 1.71. The molecule has 0 spiro atoms. The van der Waals surface area contributed by atoms with Crippen molar-refractivity contribution < 1.29 is 4.79 Å². The van der Waals surface area contributed by atoms with Gasteiger partial charge in [0.2, 0.25) is 0 Å². The Morgan fingerprint density at radius 2 is 1.91 bits per heavy atom. The fourth-order valence-electron chi connectivity index (χ4n) is 2.96. The summed E-state index contributed by atoms with van der Waals surface area (Å²) in [7, 11) is 0. The lowest BCUT2D eigenvalue weighted by Crippen LogP contribution is -2.28. The highest BCUT2D eigenvalue weighted by Crippen LogP contribution is 2.23. The van der Waals surface area contributed by atoms with Crippen molar-refractivity contribution in [2.24, 2.45) is 0 Å². The number of aryl methyl sites for hydroxylation is 1. The van der Waals surface area contributed by atoms with Crippen LogP contribution in [-0.4, -0.2) is 20.7 Å². The van der Waals surface area contributed by atoms with Crippen molar-refractivity contribution in [3.05, 3.63) is 47.0 Å². The first-order chi connectivity index (χ1) is 10.9. The second kappa shape index (κ2) is 5.80. The molecule has 1 N–H and O–H groups in total. The molecule has 1 atom stereocenters. The van der Waals surface area contributed by atoms with Crippen LogP contribution < -0.4 is 5.32 Å². The largest absolute Gasteiger partial charge is 0.342 e. The molecule has 0 unspecified atom stereocenters. The molecule has 2 heterocycles. The summed E-state index contributed by atoms with van der Waals surface area (Å²) < 4.78 is 2.12. The van der Waals surface area contributed by atoms with Crippen LogP contribution in [0.15, 0.2) is 24.3 Å². The Labute approximate surface area is 137 Å². The number of hydrogen-bond acceptors (Lipinski definition) is 3. The van der Waals surface area contributed by atoms with Crippen LogP contribution in [0, 0.1) is 0 Å². The molecule has 0 saturated carbocycles. The molecule has 1 aromatic heterocycles. The molecular formula is C18H24N4O. The number of nitrogens with zero attached hydrogens (tertiary/aromatic N) is 3. The number of amides is 1. The van der Waals surface area contributed by atoms with Gasteiger partial charge in [-0.2, -0.15) is 0 Å². The van der Waals surface area contributed by atoms with Gasteiger partial charge in [0, 0.05) is 18.5 Å². The Morgan fingerprint density at radius 3 is 2.57 bits per heavy atom. The van der Waals surface area contributed by atoms with Gasteiger partial charge in [-0.15, -0.1) is 10.2 Å². The molecule has 1 aliphatic heterocycles. The molecule has 0 bridgehead atoms. The van der Waals surface area contributed by atoms with Crippen LogP contribution in [0.1, 0.15) is 67.7 Å². The van der Waals surface area contributed by atoms with Crippen molar-refractivity contribution in [3.8, 4) is 0 Å². The van der Waals surface area contributed by atoms with E-state index in [1.807, 2.05) is 31.2 Å². The maximum atomic E-state index is 12.4. The first-order valence-corrected chi connectivity index (χ1v) is 8.19. The zero-order valence-electron chi connectivity index (χ0n) is 14.3. The predicted octanol–water partition coefficient (Wildman–Crippen LogP) is 3.01. The second-order valence-electron chi connectivity index (χ2n) is 7.25. The van der Waals surface area contributed by atoms with Gasteiger partial charge in [-0.1, -0.05) is 32.9 Å². The Morgan fingerprint density at radius 1 is 1.22 bits per heavy atom. The monoisotopic (exact) mass is 312 g/mol. The summed E-state index contributed by atoms with van der Waals surface area (Å²) in [5, 5.41) is 11.5. The zero-order chi connectivity index (χ0) is 16.6. The van der Waals surface area contributed by atoms with Crippen molar-refractivity contribution in [2.45, 2.75) is 58.5 Å². The van der Waals surface area contributed by atoms with Crippen LogP contribution in [0.25, 0.3) is 0 Å². The summed E-state index contributed by atoms with van der Waals surface area (Å²) in [6.07, 6.45) is 2.08. The smallest absolute Gasteiger partial charge is 0.251 e. The van der Waals surface area contributed by atoms with Crippen molar-refractivity contribution in [3.63, 3.8) is 0 Å². The fraction of sp³-hybridized carbons (Fsp3) is 0.500. The van der Waals surface area contributed by atoms with Crippen LogP contribution in [-0.2, 0) is 18.4 Å². The van der Waals surface area contributed by atoms with Gasteiger partial charge >= 0.3 is 0 Å². The molecule has 2 aromatic rings. The average molecular weight is 312 g/mol. The van der Waals surface area contributed by atoms with E-state index in [1.165, 1.54) is 5.56 Å². The highest BCUT2D eigenvalue weighted by molar-refractivity contribution is 5.94. The molecule has 1 aliphatic rings. The molecule has 122 valence electrons. The normalized spacial score (nSPS) is 15.3. The lowest BCUT2D eigenvalue weighted by Gasteiger charge is -2.19. The number of rotatable bonds is 3. The summed E-state index contributed by atoms with van der Waals surface area (Å²) in [5.41, 5.74) is 1.98. The highest BCUT2D eigenvalue weighted by Gasteiger charge is 2.23. The van der Waals surface area contributed by atoms with E-state index < -0.39 is 0 Å². The van der Waals surface area contributed by atoms with Gasteiger partial charge in [0.15, 0.2) is 5.82 Å². The molecule has 5 heteroatoms. The molecule has 5 nitrogen and oxygen atoms in total. The quantitative estimate of drug-likeness (QED) is 0.947. The number of hydrogen-bond donors (Lipinski definition) is 1. The minimum absolute atomic E-state index is 0.0756. The Bertz CT molecular complexity index is 710. The molecule has 23 heavy (non-hydrogen) atoms. The summed E-state index contributed by atoms with van der Waals surface area (Å²) in [6.45, 7) is 9.39. The molecule has 3 rings (SSSR count). The van der Waals surface area contributed by atoms with Gasteiger partial charge in [0.25, 0.3) is 5.91 Å². The van der Waals surface area contributed by atoms with Crippen LogP contribution in [0.4, 0.5) is 0 Å². The fourth-order valence-corrected chi connectivity index (χ4v) is 2.96. The Kier molecular flexibility index (Phi) is 3.96. The first-order valence-electron chi connectivity index (χ1n) is 8.19. The van der Waals surface area contributed by atoms with E-state index >= 15 is 0 Å². The molecule has 0 radical (unpaired) electrons. The topological polar surface area (TPSA) is 59.8 Å². The summed E-state index contributed by atoms with van der Waals surface area (Å²) >= 11 is 0. The minimum Gasteiger partial charge on any atom is -0.342 e. The second-order valence-corrected chi connectivity index (χ2v) is 7.25. The van der Waals surface area contributed by atoms with Gasteiger partial charge in [-0.3, -0.25) is 4.79 Å². The molecule has 0 saturated heterocycles.